The normalized spacial score (nSPS) is 27.5. The molecule has 1 aromatic rings. The number of nitrogens with zero attached hydrogens (tertiary/aromatic N) is 2. The van der Waals surface area contributed by atoms with Gasteiger partial charge in [0.05, 0.1) is 5.92 Å². The summed E-state index contributed by atoms with van der Waals surface area (Å²) in [5, 5.41) is 0. The van der Waals surface area contributed by atoms with Crippen LogP contribution in [0.15, 0.2) is 23.1 Å². The lowest BCUT2D eigenvalue weighted by molar-refractivity contribution is -0.134. The van der Waals surface area contributed by atoms with Gasteiger partial charge in [0.1, 0.15) is 0 Å². The molecule has 1 aromatic carbocycles. The van der Waals surface area contributed by atoms with Gasteiger partial charge in [-0.25, -0.2) is 0 Å². The van der Waals surface area contributed by atoms with E-state index in [1.807, 2.05) is 35.7 Å². The van der Waals surface area contributed by atoms with Crippen molar-refractivity contribution in [1.29, 1.82) is 0 Å². The summed E-state index contributed by atoms with van der Waals surface area (Å²) < 4.78 is 0. The van der Waals surface area contributed by atoms with Crippen LogP contribution in [0.2, 0.25) is 0 Å². The van der Waals surface area contributed by atoms with E-state index < -0.39 is 0 Å². The quantitative estimate of drug-likeness (QED) is 0.778. The molecule has 2 fully saturated rings. The van der Waals surface area contributed by atoms with E-state index in [1.165, 1.54) is 19.3 Å². The molecule has 0 radical (unpaired) electrons. The number of carbonyl (C=O) groups is 2. The lowest BCUT2D eigenvalue weighted by Gasteiger charge is -2.34. The molecule has 4 nitrogen and oxygen atoms in total. The Morgan fingerprint density at radius 1 is 1.15 bits per heavy atom. The largest absolute Gasteiger partial charge is 0.340 e. The molecule has 3 atom stereocenters. The van der Waals surface area contributed by atoms with Gasteiger partial charge in [0.15, 0.2) is 5.78 Å². The third-order valence-electron chi connectivity index (χ3n) is 6.66. The standard InChI is InChI=1S/C22H30N2O2S/c1-15(22(26)24-11-9-23(2)10-12-24)16-7-8-19-20(13-16)27-14-17-5-3-4-6-18(17)21(19)25/h7-8,13,15,17-18H,3-6,9-12,14H2,1-2H3/t15?,17-,18+/m0/s1. The van der Waals surface area contributed by atoms with Gasteiger partial charge >= 0.3 is 0 Å². The minimum absolute atomic E-state index is 0.153. The summed E-state index contributed by atoms with van der Waals surface area (Å²) in [4.78, 5) is 31.4. The molecule has 1 amide bonds. The van der Waals surface area contributed by atoms with Crippen molar-refractivity contribution in [3.05, 3.63) is 29.3 Å². The van der Waals surface area contributed by atoms with E-state index in [1.54, 1.807) is 0 Å². The molecule has 5 heteroatoms. The molecule has 1 saturated carbocycles. The van der Waals surface area contributed by atoms with Crippen LogP contribution >= 0.6 is 11.8 Å². The molecule has 27 heavy (non-hydrogen) atoms. The third kappa shape index (κ3) is 3.81. The Labute approximate surface area is 166 Å². The van der Waals surface area contributed by atoms with Crippen LogP contribution in [0.4, 0.5) is 0 Å². The Bertz CT molecular complexity index is 727. The van der Waals surface area contributed by atoms with Crippen LogP contribution in [0.25, 0.3) is 0 Å². The van der Waals surface area contributed by atoms with E-state index in [-0.39, 0.29) is 17.7 Å². The molecule has 3 aliphatic rings. The summed E-state index contributed by atoms with van der Waals surface area (Å²) in [6.45, 7) is 5.50. The van der Waals surface area contributed by atoms with E-state index in [0.29, 0.717) is 11.7 Å². The number of ketones is 1. The molecule has 2 heterocycles. The predicted octanol–water partition coefficient (Wildman–Crippen LogP) is 3.66. The number of Topliss-reactive ketones (excluding diaryl/α,β-unsaturated/α-hetero) is 1. The Kier molecular flexibility index (Phi) is 5.60. The van der Waals surface area contributed by atoms with E-state index in [9.17, 15) is 9.59 Å². The maximum atomic E-state index is 13.1. The molecule has 0 spiro atoms. The number of hydrogen-bond acceptors (Lipinski definition) is 4. The first-order valence-electron chi connectivity index (χ1n) is 10.3. The second-order valence-corrected chi connectivity index (χ2v) is 9.49. The summed E-state index contributed by atoms with van der Waals surface area (Å²) in [5.74, 6) is 2.17. The molecule has 1 unspecified atom stereocenters. The van der Waals surface area contributed by atoms with Gasteiger partial charge in [0, 0.05) is 48.3 Å². The zero-order valence-corrected chi connectivity index (χ0v) is 17.3. The number of thioether (sulfide) groups is 1. The second-order valence-electron chi connectivity index (χ2n) is 8.43. The highest BCUT2D eigenvalue weighted by atomic mass is 32.2. The fourth-order valence-corrected chi connectivity index (χ4v) is 6.06. The molecule has 0 aromatic heterocycles. The number of fused-ring (bicyclic) bond motifs is 2. The summed E-state index contributed by atoms with van der Waals surface area (Å²) >= 11 is 1.83. The van der Waals surface area contributed by atoms with Crippen LogP contribution in [-0.4, -0.2) is 60.5 Å². The van der Waals surface area contributed by atoms with Crippen LogP contribution in [0.3, 0.4) is 0 Å². The maximum absolute atomic E-state index is 13.1. The van der Waals surface area contributed by atoms with Gasteiger partial charge < -0.3 is 9.80 Å². The number of rotatable bonds is 2. The number of likely N-dealkylation sites (N-methyl/N-ethyl adjacent to an activating group) is 1. The minimum Gasteiger partial charge on any atom is -0.340 e. The lowest BCUT2D eigenvalue weighted by atomic mass is 9.76. The Balaban J connectivity index is 1.53. The van der Waals surface area contributed by atoms with Crippen LogP contribution in [0.5, 0.6) is 0 Å². The molecular weight excluding hydrogens is 356 g/mol. The second kappa shape index (κ2) is 7.96. The molecule has 4 rings (SSSR count). The van der Waals surface area contributed by atoms with Gasteiger partial charge in [-0.1, -0.05) is 18.9 Å². The monoisotopic (exact) mass is 386 g/mol. The molecular formula is C22H30N2O2S. The zero-order chi connectivity index (χ0) is 19.0. The Hall–Kier alpha value is -1.33. The van der Waals surface area contributed by atoms with E-state index in [4.69, 9.17) is 0 Å². The zero-order valence-electron chi connectivity index (χ0n) is 16.4. The Morgan fingerprint density at radius 2 is 1.89 bits per heavy atom. The highest BCUT2D eigenvalue weighted by Gasteiger charge is 2.35. The predicted molar refractivity (Wildman–Crippen MR) is 109 cm³/mol. The van der Waals surface area contributed by atoms with Crippen molar-refractivity contribution in [1.82, 2.24) is 9.80 Å². The minimum atomic E-state index is -0.153. The van der Waals surface area contributed by atoms with Gasteiger partial charge in [-0.2, -0.15) is 0 Å². The highest BCUT2D eigenvalue weighted by molar-refractivity contribution is 7.99. The number of carbonyl (C=O) groups excluding carboxylic acids is 2. The lowest BCUT2D eigenvalue weighted by Crippen LogP contribution is -2.48. The van der Waals surface area contributed by atoms with E-state index in [0.717, 1.165) is 54.4 Å². The number of hydrogen-bond donors (Lipinski definition) is 0. The fourth-order valence-electron chi connectivity index (χ4n) is 4.72. The summed E-state index contributed by atoms with van der Waals surface area (Å²) in [7, 11) is 2.10. The Morgan fingerprint density at radius 3 is 2.67 bits per heavy atom. The van der Waals surface area contributed by atoms with Gasteiger partial charge in [-0.05, 0) is 50.4 Å². The third-order valence-corrected chi connectivity index (χ3v) is 7.90. The van der Waals surface area contributed by atoms with Crippen molar-refractivity contribution in [3.63, 3.8) is 0 Å². The average molecular weight is 387 g/mol. The van der Waals surface area contributed by atoms with Crippen molar-refractivity contribution in [2.75, 3.05) is 39.0 Å². The molecule has 146 valence electrons. The van der Waals surface area contributed by atoms with Crippen LogP contribution in [-0.2, 0) is 4.79 Å². The number of benzene rings is 1. The maximum Gasteiger partial charge on any atom is 0.229 e. The molecule has 1 aliphatic carbocycles. The SMILES string of the molecule is CC(C(=O)N1CCN(C)CC1)c1ccc2c(c1)SC[C@@H]1CCCC[C@H]1C2=O. The van der Waals surface area contributed by atoms with Crippen molar-refractivity contribution >= 4 is 23.5 Å². The first-order valence-corrected chi connectivity index (χ1v) is 11.3. The highest BCUT2D eigenvalue weighted by Crippen LogP contribution is 2.42. The van der Waals surface area contributed by atoms with Crippen LogP contribution in [0, 0.1) is 11.8 Å². The summed E-state index contributed by atoms with van der Waals surface area (Å²) in [6.07, 6.45) is 4.67. The first-order chi connectivity index (χ1) is 13.0. The summed E-state index contributed by atoms with van der Waals surface area (Å²) in [6, 6.07) is 6.12. The van der Waals surface area contributed by atoms with Crippen molar-refractivity contribution in [2.24, 2.45) is 11.8 Å². The molecule has 0 N–H and O–H groups in total. The molecule has 2 aliphatic heterocycles. The molecule has 1 saturated heterocycles. The fraction of sp³-hybridized carbons (Fsp3) is 0.636. The summed E-state index contributed by atoms with van der Waals surface area (Å²) in [5.41, 5.74) is 1.93. The van der Waals surface area contributed by atoms with Crippen molar-refractivity contribution in [3.8, 4) is 0 Å². The van der Waals surface area contributed by atoms with E-state index in [2.05, 4.69) is 18.0 Å². The van der Waals surface area contributed by atoms with Crippen molar-refractivity contribution < 1.29 is 9.59 Å². The van der Waals surface area contributed by atoms with Gasteiger partial charge in [0.2, 0.25) is 5.91 Å². The first kappa shape index (κ1) is 19.0. The van der Waals surface area contributed by atoms with Gasteiger partial charge in [-0.3, -0.25) is 9.59 Å². The smallest absolute Gasteiger partial charge is 0.229 e. The topological polar surface area (TPSA) is 40.6 Å². The van der Waals surface area contributed by atoms with Gasteiger partial charge in [0.25, 0.3) is 0 Å². The van der Waals surface area contributed by atoms with Crippen LogP contribution in [0.1, 0.15) is 54.4 Å². The number of amides is 1. The average Bonchev–Trinajstić information content (AvgIpc) is 2.84. The van der Waals surface area contributed by atoms with Crippen LogP contribution < -0.4 is 0 Å². The number of piperazine rings is 1. The van der Waals surface area contributed by atoms with E-state index >= 15 is 0 Å². The molecule has 0 bridgehead atoms. The van der Waals surface area contributed by atoms with Gasteiger partial charge in [-0.15, -0.1) is 11.8 Å². The van der Waals surface area contributed by atoms with Crippen molar-refractivity contribution in [2.45, 2.75) is 43.4 Å².